The van der Waals surface area contributed by atoms with Crippen LogP contribution in [0.5, 0.6) is 0 Å². The Hall–Kier alpha value is -2.44. The van der Waals surface area contributed by atoms with Crippen LogP contribution in [0.2, 0.25) is 5.02 Å². The Labute approximate surface area is 150 Å². The van der Waals surface area contributed by atoms with E-state index in [9.17, 15) is 0 Å². The summed E-state index contributed by atoms with van der Waals surface area (Å²) in [7, 11) is 0. The van der Waals surface area contributed by atoms with E-state index in [1.54, 1.807) is 11.0 Å². The van der Waals surface area contributed by atoms with E-state index in [-0.39, 0.29) is 0 Å². The summed E-state index contributed by atoms with van der Waals surface area (Å²) >= 11 is 11.5. The molecule has 7 heteroatoms. The summed E-state index contributed by atoms with van der Waals surface area (Å²) in [4.78, 5) is 4.22. The van der Waals surface area contributed by atoms with Crippen molar-refractivity contribution in [1.82, 2.24) is 14.8 Å². The molecule has 1 heterocycles. The number of nitrogens with zero attached hydrogens (tertiary/aromatic N) is 3. The number of hydrogen-bond donors (Lipinski definition) is 2. The van der Waals surface area contributed by atoms with Crippen molar-refractivity contribution in [2.45, 2.75) is 13.5 Å². The second kappa shape index (κ2) is 7.42. The van der Waals surface area contributed by atoms with Crippen LogP contribution in [0, 0.1) is 6.92 Å². The fourth-order valence-corrected chi connectivity index (χ4v) is 2.59. The minimum atomic E-state index is 0.438. The van der Waals surface area contributed by atoms with Crippen LogP contribution >= 0.6 is 23.8 Å². The molecule has 5 nitrogen and oxygen atoms in total. The molecule has 0 aliphatic rings. The summed E-state index contributed by atoms with van der Waals surface area (Å²) in [6, 6.07) is 15.6. The predicted molar refractivity (Wildman–Crippen MR) is 102 cm³/mol. The molecule has 3 aromatic rings. The first-order valence-electron chi connectivity index (χ1n) is 7.38. The fraction of sp³-hybridized carbons (Fsp3) is 0.118. The van der Waals surface area contributed by atoms with Gasteiger partial charge in [0.25, 0.3) is 0 Å². The first-order chi connectivity index (χ1) is 11.6. The van der Waals surface area contributed by atoms with Gasteiger partial charge in [-0.25, -0.2) is 9.67 Å². The number of aryl methyl sites for hydroxylation is 1. The van der Waals surface area contributed by atoms with Gasteiger partial charge in [-0.1, -0.05) is 48.0 Å². The van der Waals surface area contributed by atoms with Crippen molar-refractivity contribution in [3.05, 3.63) is 71.0 Å². The fourth-order valence-electron chi connectivity index (χ4n) is 2.20. The summed E-state index contributed by atoms with van der Waals surface area (Å²) in [5.41, 5.74) is 3.04. The minimum Gasteiger partial charge on any atom is -0.332 e. The Bertz CT molecular complexity index is 861. The van der Waals surface area contributed by atoms with Crippen LogP contribution in [-0.2, 0) is 6.54 Å². The largest absolute Gasteiger partial charge is 0.332 e. The van der Waals surface area contributed by atoms with E-state index in [2.05, 4.69) is 20.7 Å². The standard InChI is InChI=1S/C17H16ClN5S/c1-12-6-2-5-9-15(12)20-17(24)21-16-19-11-23(22-16)10-13-7-3-4-8-14(13)18/h2-9,11H,10H2,1H3,(H2,20,21,22,24). The molecule has 2 aromatic carbocycles. The maximum absolute atomic E-state index is 6.16. The van der Waals surface area contributed by atoms with Gasteiger partial charge in [0.2, 0.25) is 5.95 Å². The molecule has 122 valence electrons. The van der Waals surface area contributed by atoms with Crippen molar-refractivity contribution < 1.29 is 0 Å². The van der Waals surface area contributed by atoms with Gasteiger partial charge in [-0.15, -0.1) is 5.10 Å². The Morgan fingerprint density at radius 3 is 2.67 bits per heavy atom. The minimum absolute atomic E-state index is 0.438. The molecule has 0 bridgehead atoms. The van der Waals surface area contributed by atoms with Gasteiger partial charge in [-0.05, 0) is 42.4 Å². The SMILES string of the molecule is Cc1ccccc1NC(=S)Nc1ncn(Cc2ccccc2Cl)n1. The molecule has 0 radical (unpaired) electrons. The van der Waals surface area contributed by atoms with Crippen molar-refractivity contribution in [3.8, 4) is 0 Å². The van der Waals surface area contributed by atoms with Crippen molar-refractivity contribution in [2.75, 3.05) is 10.6 Å². The maximum atomic E-state index is 6.16. The molecule has 3 rings (SSSR count). The summed E-state index contributed by atoms with van der Waals surface area (Å²) in [5.74, 6) is 0.438. The zero-order valence-corrected chi connectivity index (χ0v) is 14.6. The van der Waals surface area contributed by atoms with Crippen molar-refractivity contribution in [1.29, 1.82) is 0 Å². The van der Waals surface area contributed by atoms with Crippen LogP contribution in [-0.4, -0.2) is 19.9 Å². The Balaban J connectivity index is 1.63. The van der Waals surface area contributed by atoms with Gasteiger partial charge in [-0.3, -0.25) is 5.32 Å². The lowest BCUT2D eigenvalue weighted by Crippen LogP contribution is -2.20. The number of hydrogen-bond acceptors (Lipinski definition) is 3. The molecule has 0 aliphatic heterocycles. The normalized spacial score (nSPS) is 10.4. The number of aromatic nitrogens is 3. The molecule has 24 heavy (non-hydrogen) atoms. The highest BCUT2D eigenvalue weighted by Gasteiger charge is 2.06. The average Bonchev–Trinajstić information content (AvgIpc) is 2.99. The van der Waals surface area contributed by atoms with Gasteiger partial charge >= 0.3 is 0 Å². The first-order valence-corrected chi connectivity index (χ1v) is 8.17. The van der Waals surface area contributed by atoms with Gasteiger partial charge in [-0.2, -0.15) is 0 Å². The van der Waals surface area contributed by atoms with Gasteiger partial charge in [0.05, 0.1) is 6.54 Å². The number of anilines is 2. The van der Waals surface area contributed by atoms with Crippen LogP contribution in [0.15, 0.2) is 54.9 Å². The van der Waals surface area contributed by atoms with E-state index in [0.29, 0.717) is 22.6 Å². The lowest BCUT2D eigenvalue weighted by Gasteiger charge is -2.10. The summed E-state index contributed by atoms with van der Waals surface area (Å²) in [5, 5.41) is 11.6. The highest BCUT2D eigenvalue weighted by Crippen LogP contribution is 2.16. The highest BCUT2D eigenvalue weighted by molar-refractivity contribution is 7.80. The van der Waals surface area contributed by atoms with Crippen LogP contribution in [0.1, 0.15) is 11.1 Å². The third-order valence-corrected chi connectivity index (χ3v) is 4.02. The molecule has 1 aromatic heterocycles. The van der Waals surface area contributed by atoms with E-state index >= 15 is 0 Å². The van der Waals surface area contributed by atoms with E-state index < -0.39 is 0 Å². The zero-order chi connectivity index (χ0) is 16.9. The van der Waals surface area contributed by atoms with Crippen molar-refractivity contribution in [3.63, 3.8) is 0 Å². The van der Waals surface area contributed by atoms with Gasteiger partial charge < -0.3 is 5.32 Å². The summed E-state index contributed by atoms with van der Waals surface area (Å²) in [6.45, 7) is 2.56. The molecule has 0 spiro atoms. The lowest BCUT2D eigenvalue weighted by atomic mass is 10.2. The van der Waals surface area contributed by atoms with E-state index in [1.807, 2.05) is 55.5 Å². The maximum Gasteiger partial charge on any atom is 0.248 e. The molecule has 0 amide bonds. The smallest absolute Gasteiger partial charge is 0.248 e. The molecule has 0 unspecified atom stereocenters. The molecule has 2 N–H and O–H groups in total. The molecule has 0 aliphatic carbocycles. The monoisotopic (exact) mass is 357 g/mol. The van der Waals surface area contributed by atoms with Crippen LogP contribution in [0.3, 0.4) is 0 Å². The predicted octanol–water partition coefficient (Wildman–Crippen LogP) is 4.10. The van der Waals surface area contributed by atoms with Crippen LogP contribution < -0.4 is 10.6 Å². The summed E-state index contributed by atoms with van der Waals surface area (Å²) in [6.07, 6.45) is 1.64. The first kappa shape index (κ1) is 16.4. The van der Waals surface area contributed by atoms with E-state index in [4.69, 9.17) is 23.8 Å². The molecule has 0 saturated carbocycles. The number of thiocarbonyl (C=S) groups is 1. The Morgan fingerprint density at radius 2 is 1.88 bits per heavy atom. The molecular formula is C17H16ClN5S. The topological polar surface area (TPSA) is 54.8 Å². The zero-order valence-electron chi connectivity index (χ0n) is 13.0. The number of benzene rings is 2. The molecule has 0 saturated heterocycles. The van der Waals surface area contributed by atoms with Gasteiger partial charge in [0.1, 0.15) is 6.33 Å². The average molecular weight is 358 g/mol. The molecular weight excluding hydrogens is 342 g/mol. The molecule has 0 fully saturated rings. The second-order valence-corrected chi connectivity index (χ2v) is 6.07. The number of para-hydroxylation sites is 1. The highest BCUT2D eigenvalue weighted by atomic mass is 35.5. The number of halogens is 1. The quantitative estimate of drug-likeness (QED) is 0.688. The Kier molecular flexibility index (Phi) is 5.08. The number of nitrogens with one attached hydrogen (secondary N) is 2. The molecule has 0 atom stereocenters. The summed E-state index contributed by atoms with van der Waals surface area (Å²) < 4.78 is 1.71. The van der Waals surface area contributed by atoms with Gasteiger partial charge in [0, 0.05) is 10.7 Å². The van der Waals surface area contributed by atoms with Gasteiger partial charge in [0.15, 0.2) is 5.11 Å². The lowest BCUT2D eigenvalue weighted by molar-refractivity contribution is 0.687. The van der Waals surface area contributed by atoms with Crippen molar-refractivity contribution in [2.24, 2.45) is 0 Å². The second-order valence-electron chi connectivity index (χ2n) is 5.25. The van der Waals surface area contributed by atoms with Crippen LogP contribution in [0.4, 0.5) is 11.6 Å². The van der Waals surface area contributed by atoms with Crippen LogP contribution in [0.25, 0.3) is 0 Å². The number of rotatable bonds is 4. The Morgan fingerprint density at radius 1 is 1.12 bits per heavy atom. The van der Waals surface area contributed by atoms with E-state index in [0.717, 1.165) is 16.8 Å². The third kappa shape index (κ3) is 4.10. The van der Waals surface area contributed by atoms with Crippen molar-refractivity contribution >= 4 is 40.6 Å². The van der Waals surface area contributed by atoms with E-state index in [1.165, 1.54) is 0 Å². The third-order valence-electron chi connectivity index (χ3n) is 3.45.